The van der Waals surface area contributed by atoms with E-state index in [0.717, 1.165) is 60.8 Å². The van der Waals surface area contributed by atoms with Crippen molar-refractivity contribution in [3.63, 3.8) is 0 Å². The summed E-state index contributed by atoms with van der Waals surface area (Å²) in [5, 5.41) is 14.3. The minimum absolute atomic E-state index is 0.0115. The minimum atomic E-state index is -0.199. The number of H-pyrrole nitrogens is 1. The largest absolute Gasteiger partial charge is 0.497 e. The molecule has 0 unspecified atom stereocenters. The quantitative estimate of drug-likeness (QED) is 0.290. The average molecular weight is 513 g/mol. The van der Waals surface area contributed by atoms with Gasteiger partial charge in [0.1, 0.15) is 5.75 Å². The average Bonchev–Trinajstić information content (AvgIpc) is 3.26. The van der Waals surface area contributed by atoms with Gasteiger partial charge in [0.25, 0.3) is 5.91 Å². The number of aromatic nitrogens is 1. The molecule has 5 rings (SSSR count). The molecule has 2 heterocycles. The zero-order valence-corrected chi connectivity index (χ0v) is 21.6. The van der Waals surface area contributed by atoms with Crippen molar-refractivity contribution in [1.29, 1.82) is 0 Å². The summed E-state index contributed by atoms with van der Waals surface area (Å²) in [4.78, 5) is 23.0. The van der Waals surface area contributed by atoms with Gasteiger partial charge in [-0.2, -0.15) is 0 Å². The zero-order chi connectivity index (χ0) is 26.5. The highest BCUT2D eigenvalue weighted by Crippen LogP contribution is 2.28. The van der Waals surface area contributed by atoms with Crippen molar-refractivity contribution in [3.8, 4) is 11.6 Å². The van der Waals surface area contributed by atoms with Crippen LogP contribution in [0, 0.1) is 0 Å². The van der Waals surface area contributed by atoms with E-state index < -0.39 is 0 Å². The second kappa shape index (κ2) is 11.5. The number of methoxy groups -OCH3 is 1. The Morgan fingerprint density at radius 2 is 1.95 bits per heavy atom. The molecule has 0 aliphatic carbocycles. The van der Waals surface area contributed by atoms with Crippen molar-refractivity contribution in [2.24, 2.45) is 4.99 Å². The van der Waals surface area contributed by atoms with Gasteiger partial charge in [0, 0.05) is 42.3 Å². The molecule has 1 saturated heterocycles. The first-order chi connectivity index (χ1) is 18.5. The fourth-order valence-electron chi connectivity index (χ4n) is 4.62. The molecule has 1 atom stereocenters. The van der Waals surface area contributed by atoms with Gasteiger partial charge in [0.05, 0.1) is 37.6 Å². The summed E-state index contributed by atoms with van der Waals surface area (Å²) < 4.78 is 10.6. The molecular formula is C30H32N4O4. The Balaban J connectivity index is 1.32. The summed E-state index contributed by atoms with van der Waals surface area (Å²) in [6, 6.07) is 20.8. The number of rotatable bonds is 8. The molecule has 3 N–H and O–H groups in total. The van der Waals surface area contributed by atoms with Crippen molar-refractivity contribution in [2.75, 3.05) is 33.4 Å². The number of nitrogens with zero attached hydrogens (tertiary/aromatic N) is 2. The van der Waals surface area contributed by atoms with Crippen molar-refractivity contribution in [3.05, 3.63) is 89.0 Å². The number of hydrogen-bond donors (Lipinski definition) is 3. The topological polar surface area (TPSA) is 99.2 Å². The van der Waals surface area contributed by atoms with Crippen LogP contribution in [0.1, 0.15) is 40.0 Å². The highest BCUT2D eigenvalue weighted by Gasteiger charge is 2.16. The fourth-order valence-corrected chi connectivity index (χ4v) is 4.62. The first-order valence-corrected chi connectivity index (χ1v) is 12.7. The van der Waals surface area contributed by atoms with Crippen LogP contribution < -0.4 is 10.1 Å². The standard InChI is InChI=1S/C30H32N4O4/c1-20(22-6-9-25(37-2)10-7-22)32-29(35)23-8-11-28-26(17-23)27(30(36)33-28)18-31-24-5-3-4-21(16-24)19-34-12-14-38-15-13-34/h3-11,16-18,20,33,36H,12-15,19H2,1-2H3,(H,32,35)/t20-/m1/s1. The van der Waals surface area contributed by atoms with Crippen molar-refractivity contribution >= 4 is 28.7 Å². The van der Waals surface area contributed by atoms with Gasteiger partial charge in [-0.3, -0.25) is 14.7 Å². The Bertz CT molecular complexity index is 1440. The molecule has 1 fully saturated rings. The normalized spacial score (nSPS) is 15.1. The van der Waals surface area contributed by atoms with E-state index >= 15 is 0 Å². The molecule has 0 bridgehead atoms. The molecule has 8 nitrogen and oxygen atoms in total. The monoisotopic (exact) mass is 512 g/mol. The van der Waals surface area contributed by atoms with E-state index in [1.54, 1.807) is 31.5 Å². The van der Waals surface area contributed by atoms with Crippen LogP contribution in [0.4, 0.5) is 5.69 Å². The number of morpholine rings is 1. The van der Waals surface area contributed by atoms with Gasteiger partial charge in [-0.05, 0) is 60.5 Å². The Kier molecular flexibility index (Phi) is 7.72. The molecule has 4 aromatic rings. The number of aromatic amines is 1. The van der Waals surface area contributed by atoms with Gasteiger partial charge in [-0.1, -0.05) is 24.3 Å². The number of carbonyl (C=O) groups is 1. The van der Waals surface area contributed by atoms with Crippen LogP contribution >= 0.6 is 0 Å². The lowest BCUT2D eigenvalue weighted by Crippen LogP contribution is -2.35. The summed E-state index contributed by atoms with van der Waals surface area (Å²) in [6.07, 6.45) is 1.64. The predicted octanol–water partition coefficient (Wildman–Crippen LogP) is 4.96. The second-order valence-electron chi connectivity index (χ2n) is 9.43. The Hall–Kier alpha value is -4.14. The molecule has 8 heteroatoms. The van der Waals surface area contributed by atoms with E-state index in [1.165, 1.54) is 5.56 Å². The number of fused-ring (bicyclic) bond motifs is 1. The third-order valence-electron chi connectivity index (χ3n) is 6.81. The van der Waals surface area contributed by atoms with Crippen LogP contribution in [-0.4, -0.2) is 60.5 Å². The van der Waals surface area contributed by atoms with Crippen LogP contribution in [0.5, 0.6) is 11.6 Å². The minimum Gasteiger partial charge on any atom is -0.497 e. The highest BCUT2D eigenvalue weighted by atomic mass is 16.5. The predicted molar refractivity (Wildman–Crippen MR) is 149 cm³/mol. The number of hydrogen-bond acceptors (Lipinski definition) is 6. The molecule has 196 valence electrons. The fraction of sp³-hybridized carbons (Fsp3) is 0.267. The zero-order valence-electron chi connectivity index (χ0n) is 21.6. The maximum absolute atomic E-state index is 13.0. The van der Waals surface area contributed by atoms with Crippen LogP contribution in [-0.2, 0) is 11.3 Å². The number of nitrogens with one attached hydrogen (secondary N) is 2. The van der Waals surface area contributed by atoms with Gasteiger partial charge >= 0.3 is 0 Å². The van der Waals surface area contributed by atoms with Crippen LogP contribution in [0.25, 0.3) is 10.9 Å². The van der Waals surface area contributed by atoms with Gasteiger partial charge in [0.15, 0.2) is 5.88 Å². The van der Waals surface area contributed by atoms with Crippen LogP contribution in [0.3, 0.4) is 0 Å². The molecule has 1 aromatic heterocycles. The molecule has 0 spiro atoms. The molecule has 3 aromatic carbocycles. The maximum atomic E-state index is 13.0. The Morgan fingerprint density at radius 1 is 1.16 bits per heavy atom. The van der Waals surface area contributed by atoms with Gasteiger partial charge in [-0.15, -0.1) is 0 Å². The van der Waals surface area contributed by atoms with Crippen LogP contribution in [0.15, 0.2) is 71.7 Å². The van der Waals surface area contributed by atoms with E-state index in [4.69, 9.17) is 9.47 Å². The summed E-state index contributed by atoms with van der Waals surface area (Å²) in [7, 11) is 1.62. The third kappa shape index (κ3) is 5.88. The first kappa shape index (κ1) is 25.5. The van der Waals surface area contributed by atoms with E-state index in [0.29, 0.717) is 11.1 Å². The van der Waals surface area contributed by atoms with E-state index in [-0.39, 0.29) is 17.8 Å². The van der Waals surface area contributed by atoms with Crippen molar-refractivity contribution in [1.82, 2.24) is 15.2 Å². The lowest BCUT2D eigenvalue weighted by Gasteiger charge is -2.26. The van der Waals surface area contributed by atoms with Crippen molar-refractivity contribution in [2.45, 2.75) is 19.5 Å². The summed E-state index contributed by atoms with van der Waals surface area (Å²) in [5.74, 6) is 0.579. The number of aliphatic imine (C=N–C) groups is 1. The summed E-state index contributed by atoms with van der Waals surface area (Å²) >= 11 is 0. The molecule has 0 saturated carbocycles. The smallest absolute Gasteiger partial charge is 0.251 e. The van der Waals surface area contributed by atoms with Crippen molar-refractivity contribution < 1.29 is 19.4 Å². The molecule has 0 radical (unpaired) electrons. The Morgan fingerprint density at radius 3 is 2.71 bits per heavy atom. The summed E-state index contributed by atoms with van der Waals surface area (Å²) in [5.41, 5.74) is 4.71. The lowest BCUT2D eigenvalue weighted by atomic mass is 10.1. The van der Waals surface area contributed by atoms with E-state index in [2.05, 4.69) is 32.3 Å². The molecule has 1 aliphatic rings. The van der Waals surface area contributed by atoms with E-state index in [1.807, 2.05) is 43.3 Å². The number of benzene rings is 3. The van der Waals surface area contributed by atoms with Crippen LogP contribution in [0.2, 0.25) is 0 Å². The maximum Gasteiger partial charge on any atom is 0.251 e. The number of aromatic hydroxyl groups is 1. The van der Waals surface area contributed by atoms with Gasteiger partial charge in [0.2, 0.25) is 0 Å². The molecule has 38 heavy (non-hydrogen) atoms. The SMILES string of the molecule is COc1ccc([C@@H](C)NC(=O)c2ccc3[nH]c(O)c(C=Nc4cccc(CN5CCOCC5)c4)c3c2)cc1. The number of ether oxygens (including phenoxy) is 2. The number of carbonyl (C=O) groups excluding carboxylic acids is 1. The third-order valence-corrected chi connectivity index (χ3v) is 6.81. The van der Waals surface area contributed by atoms with Gasteiger partial charge in [-0.25, -0.2) is 0 Å². The highest BCUT2D eigenvalue weighted by molar-refractivity contribution is 6.06. The van der Waals surface area contributed by atoms with Gasteiger partial charge < -0.3 is 24.9 Å². The Labute approximate surface area is 221 Å². The first-order valence-electron chi connectivity index (χ1n) is 12.7. The molecular weight excluding hydrogens is 480 g/mol. The summed E-state index contributed by atoms with van der Waals surface area (Å²) in [6.45, 7) is 6.15. The lowest BCUT2D eigenvalue weighted by molar-refractivity contribution is 0.0342. The number of amides is 1. The molecule has 1 aliphatic heterocycles. The van der Waals surface area contributed by atoms with E-state index in [9.17, 15) is 9.90 Å². The molecule has 1 amide bonds. The second-order valence-corrected chi connectivity index (χ2v) is 9.43.